The van der Waals surface area contributed by atoms with Crippen molar-refractivity contribution in [2.24, 2.45) is 0 Å². The topological polar surface area (TPSA) is 166 Å². The minimum Gasteiger partial charge on any atom is -0.497 e. The standard InChI is InChI=1S/C19H18BN5O4.CH2O2/c1-28-12-8-23-25(10-12)18-7-19(29-2)15(20(26)27)6-14(18)11-3-4-13-16(21)9-22-24-17(13)5-11;2-1-3/h3-10,26-27H,1-2H3,(H2,21,24);1H,(H,2,3). The number of anilines is 1. The first-order valence-electron chi connectivity index (χ1n) is 9.19. The number of carboxylic acid groups (broad SMARTS) is 1. The predicted molar refractivity (Wildman–Crippen MR) is 118 cm³/mol. The van der Waals surface area contributed by atoms with Crippen molar-refractivity contribution < 1.29 is 29.4 Å². The van der Waals surface area contributed by atoms with Crippen LogP contribution in [0.2, 0.25) is 0 Å². The van der Waals surface area contributed by atoms with Gasteiger partial charge in [-0.3, -0.25) is 4.79 Å². The van der Waals surface area contributed by atoms with E-state index in [1.54, 1.807) is 36.3 Å². The van der Waals surface area contributed by atoms with Crippen LogP contribution in [0.15, 0.2) is 48.9 Å². The summed E-state index contributed by atoms with van der Waals surface area (Å²) in [5, 5.41) is 39.7. The smallest absolute Gasteiger partial charge is 0.492 e. The lowest BCUT2D eigenvalue weighted by Gasteiger charge is -2.16. The zero-order chi connectivity index (χ0) is 23.3. The number of nitrogen functional groups attached to an aromatic ring is 1. The largest absolute Gasteiger partial charge is 0.497 e. The molecule has 0 atom stereocenters. The summed E-state index contributed by atoms with van der Waals surface area (Å²) in [6.07, 6.45) is 4.79. The Labute approximate surface area is 182 Å². The summed E-state index contributed by atoms with van der Waals surface area (Å²) in [7, 11) is 1.31. The molecule has 0 saturated carbocycles. The molecule has 164 valence electrons. The maximum Gasteiger partial charge on any atom is 0.492 e. The molecular weight excluding hydrogens is 417 g/mol. The highest BCUT2D eigenvalue weighted by molar-refractivity contribution is 6.60. The van der Waals surface area contributed by atoms with Crippen molar-refractivity contribution in [2.45, 2.75) is 0 Å². The molecule has 0 radical (unpaired) electrons. The molecule has 0 aliphatic heterocycles. The Kier molecular flexibility index (Phi) is 6.88. The number of aromatic nitrogens is 4. The highest BCUT2D eigenvalue weighted by Crippen LogP contribution is 2.32. The van der Waals surface area contributed by atoms with Gasteiger partial charge in [0.05, 0.1) is 49.7 Å². The fraction of sp³-hybridized carbons (Fsp3) is 0.100. The summed E-state index contributed by atoms with van der Waals surface area (Å²) in [4.78, 5) is 8.36. The van der Waals surface area contributed by atoms with E-state index in [1.807, 2.05) is 18.2 Å². The monoisotopic (exact) mass is 437 g/mol. The van der Waals surface area contributed by atoms with Gasteiger partial charge in [0.25, 0.3) is 6.47 Å². The first kappa shape index (κ1) is 22.5. The maximum absolute atomic E-state index is 9.81. The van der Waals surface area contributed by atoms with Crippen LogP contribution in [0.4, 0.5) is 5.69 Å². The Morgan fingerprint density at radius 2 is 1.88 bits per heavy atom. The van der Waals surface area contributed by atoms with E-state index in [2.05, 4.69) is 15.3 Å². The van der Waals surface area contributed by atoms with Gasteiger partial charge >= 0.3 is 7.12 Å². The summed E-state index contributed by atoms with van der Waals surface area (Å²) in [6.45, 7) is -0.250. The number of benzene rings is 2. The molecule has 5 N–H and O–H groups in total. The second kappa shape index (κ2) is 9.77. The highest BCUT2D eigenvalue weighted by atomic mass is 16.5. The molecule has 0 unspecified atom stereocenters. The number of nitrogens with two attached hydrogens (primary N) is 1. The van der Waals surface area contributed by atoms with Gasteiger partial charge < -0.3 is 30.4 Å². The van der Waals surface area contributed by atoms with Crippen LogP contribution in [0.1, 0.15) is 0 Å². The number of nitrogens with zero attached hydrogens (tertiary/aromatic N) is 4. The van der Waals surface area contributed by atoms with Crippen LogP contribution in [0, 0.1) is 0 Å². The van der Waals surface area contributed by atoms with Gasteiger partial charge in [-0.25, -0.2) is 4.68 Å². The van der Waals surface area contributed by atoms with Crippen LogP contribution in [0.5, 0.6) is 11.5 Å². The summed E-state index contributed by atoms with van der Waals surface area (Å²) in [6, 6.07) is 8.89. The molecule has 0 aliphatic rings. The van der Waals surface area contributed by atoms with Crippen LogP contribution in [-0.4, -0.2) is 62.9 Å². The van der Waals surface area contributed by atoms with E-state index in [4.69, 9.17) is 25.1 Å². The lowest BCUT2D eigenvalue weighted by atomic mass is 9.77. The third kappa shape index (κ3) is 4.45. The minimum atomic E-state index is -1.71. The number of hydrogen-bond donors (Lipinski definition) is 4. The van der Waals surface area contributed by atoms with Crippen LogP contribution >= 0.6 is 0 Å². The SMILES string of the molecule is COc1cnn(-c2cc(OC)c(B(O)O)cc2-c2ccc3c(N)cnnc3c2)c1.O=CO. The molecule has 0 fully saturated rings. The Hall–Kier alpha value is -4.16. The van der Waals surface area contributed by atoms with Gasteiger partial charge in [0.15, 0.2) is 5.75 Å². The second-order valence-corrected chi connectivity index (χ2v) is 6.45. The molecule has 0 aliphatic carbocycles. The first-order chi connectivity index (χ1) is 15.4. The fourth-order valence-electron chi connectivity index (χ4n) is 3.18. The normalized spacial score (nSPS) is 10.2. The van der Waals surface area contributed by atoms with Crippen molar-refractivity contribution in [3.8, 4) is 28.3 Å². The molecule has 11 nitrogen and oxygen atoms in total. The molecule has 4 aromatic rings. The molecule has 0 bridgehead atoms. The number of fused-ring (bicyclic) bond motifs is 1. The van der Waals surface area contributed by atoms with E-state index in [9.17, 15) is 10.0 Å². The van der Waals surface area contributed by atoms with Gasteiger partial charge in [0.2, 0.25) is 0 Å². The average molecular weight is 437 g/mol. The van der Waals surface area contributed by atoms with E-state index < -0.39 is 7.12 Å². The Bertz CT molecular complexity index is 1250. The fourth-order valence-corrected chi connectivity index (χ4v) is 3.18. The van der Waals surface area contributed by atoms with Gasteiger partial charge in [0, 0.05) is 22.5 Å². The van der Waals surface area contributed by atoms with E-state index in [-0.39, 0.29) is 11.9 Å². The molecule has 0 saturated heterocycles. The van der Waals surface area contributed by atoms with E-state index in [0.717, 1.165) is 10.9 Å². The van der Waals surface area contributed by atoms with Crippen LogP contribution in [0.25, 0.3) is 27.7 Å². The molecule has 32 heavy (non-hydrogen) atoms. The molecule has 0 amide bonds. The van der Waals surface area contributed by atoms with E-state index >= 15 is 0 Å². The van der Waals surface area contributed by atoms with Crippen LogP contribution < -0.4 is 20.7 Å². The number of ether oxygens (including phenoxy) is 2. The molecule has 4 rings (SSSR count). The maximum atomic E-state index is 9.81. The van der Waals surface area contributed by atoms with Gasteiger partial charge in [-0.1, -0.05) is 6.07 Å². The molecule has 12 heteroatoms. The van der Waals surface area contributed by atoms with Crippen LogP contribution in [0.3, 0.4) is 0 Å². The number of methoxy groups -OCH3 is 2. The van der Waals surface area contributed by atoms with Crippen molar-refractivity contribution >= 4 is 35.6 Å². The number of carbonyl (C=O) groups is 1. The van der Waals surface area contributed by atoms with Gasteiger partial charge in [-0.2, -0.15) is 15.3 Å². The third-order valence-electron chi connectivity index (χ3n) is 4.65. The van der Waals surface area contributed by atoms with Crippen molar-refractivity contribution in [1.29, 1.82) is 0 Å². The number of rotatable bonds is 5. The third-order valence-corrected chi connectivity index (χ3v) is 4.65. The summed E-state index contributed by atoms with van der Waals surface area (Å²) in [5.74, 6) is 0.899. The quantitative estimate of drug-likeness (QED) is 0.255. The lowest BCUT2D eigenvalue weighted by molar-refractivity contribution is -0.122. The van der Waals surface area contributed by atoms with Crippen LogP contribution in [-0.2, 0) is 4.79 Å². The van der Waals surface area contributed by atoms with Crippen molar-refractivity contribution in [3.63, 3.8) is 0 Å². The second-order valence-electron chi connectivity index (χ2n) is 6.45. The van der Waals surface area contributed by atoms with Crippen molar-refractivity contribution in [2.75, 3.05) is 20.0 Å². The predicted octanol–water partition coefficient (Wildman–Crippen LogP) is 0.462. The Morgan fingerprint density at radius 1 is 1.12 bits per heavy atom. The summed E-state index contributed by atoms with van der Waals surface area (Å²) < 4.78 is 12.2. The van der Waals surface area contributed by atoms with Gasteiger partial charge in [-0.05, 0) is 23.8 Å². The Morgan fingerprint density at radius 3 is 2.50 bits per heavy atom. The number of hydrogen-bond acceptors (Lipinski definition) is 9. The first-order valence-corrected chi connectivity index (χ1v) is 9.19. The molecular formula is C20H20BN5O6. The van der Waals surface area contributed by atoms with E-state index in [1.165, 1.54) is 13.3 Å². The molecule has 2 aromatic carbocycles. The van der Waals surface area contributed by atoms with Crippen molar-refractivity contribution in [1.82, 2.24) is 20.0 Å². The lowest BCUT2D eigenvalue weighted by Crippen LogP contribution is -2.31. The zero-order valence-corrected chi connectivity index (χ0v) is 17.2. The molecule has 0 spiro atoms. The van der Waals surface area contributed by atoms with Gasteiger partial charge in [-0.15, -0.1) is 0 Å². The Balaban J connectivity index is 0.000000913. The molecule has 2 heterocycles. The average Bonchev–Trinajstić information content (AvgIpc) is 3.28. The summed E-state index contributed by atoms with van der Waals surface area (Å²) >= 11 is 0. The zero-order valence-electron chi connectivity index (χ0n) is 17.2. The molecule has 2 aromatic heterocycles. The van der Waals surface area contributed by atoms with Crippen molar-refractivity contribution in [3.05, 3.63) is 48.9 Å². The van der Waals surface area contributed by atoms with Gasteiger partial charge in [0.1, 0.15) is 5.75 Å². The van der Waals surface area contributed by atoms with E-state index in [0.29, 0.717) is 34.0 Å². The minimum absolute atomic E-state index is 0.226. The summed E-state index contributed by atoms with van der Waals surface area (Å²) in [5.41, 5.74) is 9.46. The highest BCUT2D eigenvalue weighted by Gasteiger charge is 2.22.